The largest absolute Gasteiger partial charge is 0.480 e. The van der Waals surface area contributed by atoms with E-state index in [0.717, 1.165) is 0 Å². The topological polar surface area (TPSA) is 80.9 Å². The van der Waals surface area contributed by atoms with Gasteiger partial charge in [-0.15, -0.1) is 0 Å². The fraction of sp³-hybridized carbons (Fsp3) is 0.200. The minimum atomic E-state index is -0.979. The first-order valence-electron chi connectivity index (χ1n) is 4.81. The van der Waals surface area contributed by atoms with Gasteiger partial charge in [-0.3, -0.25) is 9.48 Å². The van der Waals surface area contributed by atoms with Crippen molar-refractivity contribution in [1.82, 2.24) is 19.7 Å². The second-order valence-corrected chi connectivity index (χ2v) is 3.75. The Balaban J connectivity index is 2.46. The fourth-order valence-electron chi connectivity index (χ4n) is 1.37. The molecule has 2 rings (SSSR count). The molecule has 0 amide bonds. The van der Waals surface area contributed by atoms with Gasteiger partial charge in [0.05, 0.1) is 10.7 Å². The van der Waals surface area contributed by atoms with Gasteiger partial charge in [0, 0.05) is 12.4 Å². The molecule has 0 aliphatic carbocycles. The molecule has 0 saturated heterocycles. The van der Waals surface area contributed by atoms with Crippen molar-refractivity contribution in [1.29, 1.82) is 0 Å². The standard InChI is InChI=1S/C10H9ClN4O2/c1-6-8(11)9(10-12-3-2-4-13-10)14-15(6)5-7(16)17/h2-4H,5H2,1H3,(H,16,17). The van der Waals surface area contributed by atoms with Crippen LogP contribution in [0.3, 0.4) is 0 Å². The predicted octanol–water partition coefficient (Wildman–Crippen LogP) is 1.39. The SMILES string of the molecule is Cc1c(Cl)c(-c2ncccn2)nn1CC(=O)O. The third-order valence-electron chi connectivity index (χ3n) is 2.20. The highest BCUT2D eigenvalue weighted by Gasteiger charge is 2.17. The van der Waals surface area contributed by atoms with E-state index in [2.05, 4.69) is 15.1 Å². The summed E-state index contributed by atoms with van der Waals surface area (Å²) in [7, 11) is 0. The number of carbonyl (C=O) groups is 1. The number of hydrogen-bond donors (Lipinski definition) is 1. The van der Waals surface area contributed by atoms with Gasteiger partial charge in [0.25, 0.3) is 0 Å². The summed E-state index contributed by atoms with van der Waals surface area (Å²) in [5.41, 5.74) is 0.975. The predicted molar refractivity (Wildman–Crippen MR) is 60.6 cm³/mol. The van der Waals surface area contributed by atoms with Crippen LogP contribution in [0.25, 0.3) is 11.5 Å². The van der Waals surface area contributed by atoms with E-state index in [1.165, 1.54) is 4.68 Å². The van der Waals surface area contributed by atoms with Gasteiger partial charge in [-0.1, -0.05) is 11.6 Å². The second-order valence-electron chi connectivity index (χ2n) is 3.37. The van der Waals surface area contributed by atoms with E-state index in [1.54, 1.807) is 25.4 Å². The molecule has 88 valence electrons. The van der Waals surface area contributed by atoms with E-state index in [9.17, 15) is 4.79 Å². The highest BCUT2D eigenvalue weighted by Crippen LogP contribution is 2.26. The first-order chi connectivity index (χ1) is 8.09. The zero-order valence-corrected chi connectivity index (χ0v) is 9.72. The molecule has 0 bridgehead atoms. The van der Waals surface area contributed by atoms with Crippen molar-refractivity contribution in [2.75, 3.05) is 0 Å². The van der Waals surface area contributed by atoms with Gasteiger partial charge in [0.2, 0.25) is 0 Å². The van der Waals surface area contributed by atoms with Crippen LogP contribution in [0.2, 0.25) is 5.02 Å². The average molecular weight is 253 g/mol. The van der Waals surface area contributed by atoms with Gasteiger partial charge in [-0.25, -0.2) is 9.97 Å². The van der Waals surface area contributed by atoms with Crippen molar-refractivity contribution >= 4 is 17.6 Å². The Hall–Kier alpha value is -1.95. The highest BCUT2D eigenvalue weighted by molar-refractivity contribution is 6.33. The van der Waals surface area contributed by atoms with Crippen molar-refractivity contribution in [2.24, 2.45) is 0 Å². The lowest BCUT2D eigenvalue weighted by Gasteiger charge is -1.97. The number of aromatic nitrogens is 4. The lowest BCUT2D eigenvalue weighted by atomic mass is 10.3. The van der Waals surface area contributed by atoms with Crippen LogP contribution >= 0.6 is 11.6 Å². The zero-order chi connectivity index (χ0) is 12.4. The Morgan fingerprint density at radius 1 is 1.47 bits per heavy atom. The van der Waals surface area contributed by atoms with Crippen LogP contribution in [0.1, 0.15) is 5.69 Å². The molecule has 0 fully saturated rings. The zero-order valence-electron chi connectivity index (χ0n) is 8.96. The summed E-state index contributed by atoms with van der Waals surface area (Å²) in [4.78, 5) is 18.7. The molecule has 0 radical (unpaired) electrons. The molecule has 2 heterocycles. The molecule has 0 spiro atoms. The summed E-state index contributed by atoms with van der Waals surface area (Å²) < 4.78 is 1.32. The summed E-state index contributed by atoms with van der Waals surface area (Å²) in [6.45, 7) is 1.46. The van der Waals surface area contributed by atoms with Crippen LogP contribution in [0.5, 0.6) is 0 Å². The number of nitrogens with zero attached hydrogens (tertiary/aromatic N) is 4. The minimum Gasteiger partial charge on any atom is -0.480 e. The number of carboxylic acids is 1. The van der Waals surface area contributed by atoms with Crippen molar-refractivity contribution < 1.29 is 9.90 Å². The minimum absolute atomic E-state index is 0.238. The summed E-state index contributed by atoms with van der Waals surface area (Å²) in [5, 5.41) is 13.2. The molecule has 2 aromatic rings. The number of halogens is 1. The quantitative estimate of drug-likeness (QED) is 0.893. The lowest BCUT2D eigenvalue weighted by Crippen LogP contribution is -2.11. The summed E-state index contributed by atoms with van der Waals surface area (Å²) in [6.07, 6.45) is 3.15. The monoisotopic (exact) mass is 252 g/mol. The second kappa shape index (κ2) is 4.50. The Bertz CT molecular complexity index is 553. The molecule has 6 nitrogen and oxygen atoms in total. The molecule has 0 aromatic carbocycles. The Kier molecular flexibility index (Phi) is 3.06. The van der Waals surface area contributed by atoms with E-state index in [-0.39, 0.29) is 6.54 Å². The maximum Gasteiger partial charge on any atom is 0.325 e. The maximum absolute atomic E-state index is 10.6. The number of rotatable bonds is 3. The normalized spacial score (nSPS) is 10.5. The van der Waals surface area contributed by atoms with Crippen LogP contribution in [0, 0.1) is 6.92 Å². The molecule has 0 unspecified atom stereocenters. The molecule has 2 aromatic heterocycles. The van der Waals surface area contributed by atoms with Crippen LogP contribution in [-0.2, 0) is 11.3 Å². The smallest absolute Gasteiger partial charge is 0.325 e. The van der Waals surface area contributed by atoms with Gasteiger partial charge in [0.15, 0.2) is 5.82 Å². The lowest BCUT2D eigenvalue weighted by molar-refractivity contribution is -0.137. The van der Waals surface area contributed by atoms with Crippen molar-refractivity contribution in [3.63, 3.8) is 0 Å². The molecule has 17 heavy (non-hydrogen) atoms. The molecule has 0 aliphatic heterocycles. The molecule has 0 saturated carbocycles. The maximum atomic E-state index is 10.6. The van der Waals surface area contributed by atoms with E-state index >= 15 is 0 Å². The molecule has 7 heteroatoms. The molecule has 0 atom stereocenters. The van der Waals surface area contributed by atoms with Gasteiger partial charge in [-0.05, 0) is 13.0 Å². The van der Waals surface area contributed by atoms with E-state index in [4.69, 9.17) is 16.7 Å². The Morgan fingerprint density at radius 3 is 2.71 bits per heavy atom. The number of aliphatic carboxylic acids is 1. The first-order valence-corrected chi connectivity index (χ1v) is 5.19. The molecule has 0 aliphatic rings. The Labute approximate surface area is 102 Å². The van der Waals surface area contributed by atoms with Gasteiger partial charge >= 0.3 is 5.97 Å². The molecular formula is C10H9ClN4O2. The average Bonchev–Trinajstić information content (AvgIpc) is 2.58. The Morgan fingerprint density at radius 2 is 2.12 bits per heavy atom. The van der Waals surface area contributed by atoms with E-state index in [0.29, 0.717) is 22.2 Å². The third-order valence-corrected chi connectivity index (χ3v) is 2.65. The van der Waals surface area contributed by atoms with Crippen molar-refractivity contribution in [2.45, 2.75) is 13.5 Å². The van der Waals surface area contributed by atoms with Crippen LogP contribution in [0.4, 0.5) is 0 Å². The summed E-state index contributed by atoms with van der Waals surface area (Å²) >= 11 is 6.08. The van der Waals surface area contributed by atoms with Crippen LogP contribution in [0.15, 0.2) is 18.5 Å². The first kappa shape index (κ1) is 11.5. The van der Waals surface area contributed by atoms with E-state index < -0.39 is 5.97 Å². The number of carboxylic acid groups (broad SMARTS) is 1. The molecule has 1 N–H and O–H groups in total. The van der Waals surface area contributed by atoms with Crippen molar-refractivity contribution in [3.05, 3.63) is 29.2 Å². The van der Waals surface area contributed by atoms with E-state index in [1.807, 2.05) is 0 Å². The summed E-state index contributed by atoms with van der Waals surface area (Å²) in [6, 6.07) is 1.68. The van der Waals surface area contributed by atoms with Gasteiger partial charge < -0.3 is 5.11 Å². The van der Waals surface area contributed by atoms with Crippen molar-refractivity contribution in [3.8, 4) is 11.5 Å². The third kappa shape index (κ3) is 2.26. The highest BCUT2D eigenvalue weighted by atomic mass is 35.5. The van der Waals surface area contributed by atoms with Crippen LogP contribution in [-0.4, -0.2) is 30.8 Å². The van der Waals surface area contributed by atoms with Crippen LogP contribution < -0.4 is 0 Å². The van der Waals surface area contributed by atoms with Gasteiger partial charge in [0.1, 0.15) is 12.2 Å². The summed E-state index contributed by atoms with van der Waals surface area (Å²) in [5.74, 6) is -0.600. The fourth-order valence-corrected chi connectivity index (χ4v) is 1.59. The van der Waals surface area contributed by atoms with Gasteiger partial charge in [-0.2, -0.15) is 5.10 Å². The molecular weight excluding hydrogens is 244 g/mol. The number of hydrogen-bond acceptors (Lipinski definition) is 4.